The summed E-state index contributed by atoms with van der Waals surface area (Å²) in [6.45, 7) is 5.20. The maximum atomic E-state index is 12.2. The summed E-state index contributed by atoms with van der Waals surface area (Å²) in [5.41, 5.74) is 1.92. The molecule has 1 N–H and O–H groups in total. The number of esters is 1. The Hall–Kier alpha value is -3.08. The molecule has 0 radical (unpaired) electrons. The summed E-state index contributed by atoms with van der Waals surface area (Å²) >= 11 is 0. The minimum Gasteiger partial charge on any atom is -0.493 e. The molecular formula is C24H29NO4. The fraction of sp³-hybridized carbons (Fsp3) is 0.333. The van der Waals surface area contributed by atoms with Crippen LogP contribution in [0.1, 0.15) is 55.5 Å². The van der Waals surface area contributed by atoms with E-state index >= 15 is 0 Å². The molecule has 5 nitrogen and oxygen atoms in total. The van der Waals surface area contributed by atoms with Crippen LogP contribution in [0, 0.1) is 0 Å². The highest BCUT2D eigenvalue weighted by molar-refractivity contribution is 6.02. The highest BCUT2D eigenvalue weighted by Gasteiger charge is 2.07. The van der Waals surface area contributed by atoms with E-state index in [1.54, 1.807) is 30.3 Å². The number of hydrogen-bond acceptors (Lipinski definition) is 4. The van der Waals surface area contributed by atoms with Crippen LogP contribution in [-0.2, 0) is 9.53 Å². The van der Waals surface area contributed by atoms with Crippen LogP contribution in [0.2, 0.25) is 0 Å². The van der Waals surface area contributed by atoms with Crippen molar-refractivity contribution in [1.82, 2.24) is 0 Å². The molecular weight excluding hydrogens is 366 g/mol. The van der Waals surface area contributed by atoms with Crippen molar-refractivity contribution >= 4 is 23.6 Å². The monoisotopic (exact) mass is 395 g/mol. The van der Waals surface area contributed by atoms with Crippen LogP contribution in [0.3, 0.4) is 0 Å². The third-order valence-corrected chi connectivity index (χ3v) is 4.16. The van der Waals surface area contributed by atoms with Gasteiger partial charge in [0.25, 0.3) is 0 Å². The van der Waals surface area contributed by atoms with Crippen LogP contribution in [-0.4, -0.2) is 25.1 Å². The zero-order valence-electron chi connectivity index (χ0n) is 17.1. The van der Waals surface area contributed by atoms with Gasteiger partial charge in [0.15, 0.2) is 0 Å². The van der Waals surface area contributed by atoms with Crippen molar-refractivity contribution in [2.45, 2.75) is 39.5 Å². The summed E-state index contributed by atoms with van der Waals surface area (Å²) in [5.74, 6) is 0.146. The third kappa shape index (κ3) is 7.82. The number of carbonyl (C=O) groups excluding carboxylic acids is 2. The molecule has 0 fully saturated rings. The molecule has 0 bridgehead atoms. The second-order valence-corrected chi connectivity index (χ2v) is 6.63. The van der Waals surface area contributed by atoms with E-state index in [0.717, 1.165) is 37.0 Å². The molecule has 0 aliphatic rings. The average molecular weight is 395 g/mol. The number of hydrogen-bond donors (Lipinski definition) is 1. The second-order valence-electron chi connectivity index (χ2n) is 6.63. The van der Waals surface area contributed by atoms with Gasteiger partial charge < -0.3 is 14.8 Å². The summed E-state index contributed by atoms with van der Waals surface area (Å²) in [6, 6.07) is 14.3. The van der Waals surface area contributed by atoms with Crippen molar-refractivity contribution in [2.75, 3.05) is 18.5 Å². The van der Waals surface area contributed by atoms with E-state index in [1.807, 2.05) is 31.2 Å². The van der Waals surface area contributed by atoms with Gasteiger partial charge in [-0.1, -0.05) is 44.9 Å². The molecule has 0 atom stereocenters. The van der Waals surface area contributed by atoms with Gasteiger partial charge in [-0.2, -0.15) is 0 Å². The van der Waals surface area contributed by atoms with Crippen molar-refractivity contribution in [3.63, 3.8) is 0 Å². The molecule has 0 unspecified atom stereocenters. The van der Waals surface area contributed by atoms with E-state index in [1.165, 1.54) is 6.08 Å². The van der Waals surface area contributed by atoms with E-state index in [2.05, 4.69) is 12.2 Å². The molecule has 0 aliphatic carbocycles. The van der Waals surface area contributed by atoms with Crippen molar-refractivity contribution in [3.8, 4) is 5.75 Å². The predicted octanol–water partition coefficient (Wildman–Crippen LogP) is 5.47. The van der Waals surface area contributed by atoms with Gasteiger partial charge in [-0.25, -0.2) is 4.79 Å². The summed E-state index contributed by atoms with van der Waals surface area (Å²) in [7, 11) is 0. The maximum Gasteiger partial charge on any atom is 0.338 e. The minimum absolute atomic E-state index is 0.259. The highest BCUT2D eigenvalue weighted by atomic mass is 16.5. The number of unbranched alkanes of at least 4 members (excludes halogenated alkanes) is 2. The Labute approximate surface area is 172 Å². The summed E-state index contributed by atoms with van der Waals surface area (Å²) < 4.78 is 10.9. The first-order chi connectivity index (χ1) is 14.1. The van der Waals surface area contributed by atoms with Gasteiger partial charge in [0.05, 0.1) is 18.8 Å². The fourth-order valence-corrected chi connectivity index (χ4v) is 2.60. The number of benzene rings is 2. The lowest BCUT2D eigenvalue weighted by Gasteiger charge is -2.08. The van der Waals surface area contributed by atoms with E-state index in [4.69, 9.17) is 9.47 Å². The SMILES string of the molecule is CCCCCOC(=O)c1ccc(NC(=O)/C=C/c2ccccc2OCCC)cc1. The van der Waals surface area contributed by atoms with Gasteiger partial charge >= 0.3 is 5.97 Å². The Balaban J connectivity index is 1.89. The maximum absolute atomic E-state index is 12.2. The average Bonchev–Trinajstić information content (AvgIpc) is 2.74. The van der Waals surface area contributed by atoms with Crippen molar-refractivity contribution < 1.29 is 19.1 Å². The normalized spacial score (nSPS) is 10.7. The molecule has 0 saturated carbocycles. The number of anilines is 1. The highest BCUT2D eigenvalue weighted by Crippen LogP contribution is 2.20. The molecule has 2 aromatic rings. The topological polar surface area (TPSA) is 64.6 Å². The van der Waals surface area contributed by atoms with E-state index in [0.29, 0.717) is 24.5 Å². The fourth-order valence-electron chi connectivity index (χ4n) is 2.60. The first-order valence-electron chi connectivity index (χ1n) is 10.1. The van der Waals surface area contributed by atoms with Crippen molar-refractivity contribution in [1.29, 1.82) is 0 Å². The molecule has 0 aromatic heterocycles. The Kier molecular flexibility index (Phi) is 9.49. The van der Waals surface area contributed by atoms with Gasteiger partial charge in [-0.05, 0) is 49.2 Å². The van der Waals surface area contributed by atoms with E-state index in [-0.39, 0.29) is 11.9 Å². The van der Waals surface area contributed by atoms with Gasteiger partial charge in [-0.15, -0.1) is 0 Å². The lowest BCUT2D eigenvalue weighted by atomic mass is 10.2. The van der Waals surface area contributed by atoms with Crippen LogP contribution < -0.4 is 10.1 Å². The zero-order valence-corrected chi connectivity index (χ0v) is 17.1. The molecule has 0 spiro atoms. The largest absolute Gasteiger partial charge is 0.493 e. The number of amides is 1. The number of ether oxygens (including phenoxy) is 2. The van der Waals surface area contributed by atoms with Gasteiger partial charge in [-0.3, -0.25) is 4.79 Å². The van der Waals surface area contributed by atoms with E-state index < -0.39 is 0 Å². The Bertz CT molecular complexity index is 812. The Morgan fingerprint density at radius 3 is 2.41 bits per heavy atom. The van der Waals surface area contributed by atoms with E-state index in [9.17, 15) is 9.59 Å². The van der Waals surface area contributed by atoms with Gasteiger partial charge in [0.2, 0.25) is 5.91 Å². The molecule has 0 aliphatic heterocycles. The minimum atomic E-state index is -0.345. The second kappa shape index (κ2) is 12.4. The Morgan fingerprint density at radius 2 is 1.69 bits per heavy atom. The molecule has 0 heterocycles. The summed E-state index contributed by atoms with van der Waals surface area (Å²) in [6.07, 6.45) is 7.10. The Morgan fingerprint density at radius 1 is 0.931 bits per heavy atom. The number of rotatable bonds is 11. The smallest absolute Gasteiger partial charge is 0.338 e. The zero-order chi connectivity index (χ0) is 20.9. The first-order valence-corrected chi connectivity index (χ1v) is 10.1. The molecule has 2 aromatic carbocycles. The first kappa shape index (κ1) is 22.2. The van der Waals surface area contributed by atoms with Crippen molar-refractivity contribution in [3.05, 3.63) is 65.7 Å². The lowest BCUT2D eigenvalue weighted by Crippen LogP contribution is -2.09. The standard InChI is InChI=1S/C24H29NO4/c1-3-5-8-18-29-24(27)20-11-14-21(15-12-20)25-23(26)16-13-19-9-6-7-10-22(19)28-17-4-2/h6-7,9-16H,3-5,8,17-18H2,1-2H3,(H,25,26)/b16-13+. The quantitative estimate of drug-likeness (QED) is 0.311. The lowest BCUT2D eigenvalue weighted by molar-refractivity contribution is -0.111. The van der Waals surface area contributed by atoms with Crippen LogP contribution in [0.5, 0.6) is 5.75 Å². The van der Waals surface area contributed by atoms with Gasteiger partial charge in [0, 0.05) is 17.3 Å². The molecule has 154 valence electrons. The molecule has 0 saturated heterocycles. The number of nitrogens with one attached hydrogen (secondary N) is 1. The van der Waals surface area contributed by atoms with Crippen LogP contribution in [0.15, 0.2) is 54.6 Å². The predicted molar refractivity (Wildman–Crippen MR) is 116 cm³/mol. The molecule has 29 heavy (non-hydrogen) atoms. The molecule has 5 heteroatoms. The van der Waals surface area contributed by atoms with Crippen LogP contribution in [0.4, 0.5) is 5.69 Å². The molecule has 1 amide bonds. The number of carbonyl (C=O) groups is 2. The molecule has 2 rings (SSSR count). The van der Waals surface area contributed by atoms with Crippen LogP contribution >= 0.6 is 0 Å². The summed E-state index contributed by atoms with van der Waals surface area (Å²) in [5, 5.41) is 2.78. The van der Waals surface area contributed by atoms with Gasteiger partial charge in [0.1, 0.15) is 5.75 Å². The number of para-hydroxylation sites is 1. The summed E-state index contributed by atoms with van der Waals surface area (Å²) in [4.78, 5) is 24.2. The van der Waals surface area contributed by atoms with Crippen LogP contribution in [0.25, 0.3) is 6.08 Å². The third-order valence-electron chi connectivity index (χ3n) is 4.16. The van der Waals surface area contributed by atoms with Crippen molar-refractivity contribution in [2.24, 2.45) is 0 Å².